The van der Waals surface area contributed by atoms with Gasteiger partial charge in [-0.25, -0.2) is 4.39 Å². The van der Waals surface area contributed by atoms with Gasteiger partial charge in [-0.1, -0.05) is 29.8 Å². The molecule has 7 heteroatoms. The van der Waals surface area contributed by atoms with Gasteiger partial charge in [0.05, 0.1) is 12.8 Å². The van der Waals surface area contributed by atoms with Crippen LogP contribution in [-0.2, 0) is 16.0 Å². The minimum Gasteiger partial charge on any atom is -0.495 e. The van der Waals surface area contributed by atoms with Crippen LogP contribution in [0.3, 0.4) is 0 Å². The standard InChI is InChI=1S/C20H22ClFN2O3/c1-13-10-18(19(27-3)11-16(13)21)24(14(2)25)12-20(26)23-9-8-15-6-4-5-7-17(15)22/h4-7,10-11H,8-9,12H2,1-3H3,(H,23,26). The maximum absolute atomic E-state index is 13.6. The molecule has 0 spiro atoms. The third-order valence-corrected chi connectivity index (χ3v) is 4.51. The normalized spacial score (nSPS) is 10.4. The highest BCUT2D eigenvalue weighted by atomic mass is 35.5. The number of benzene rings is 2. The van der Waals surface area contributed by atoms with Crippen molar-refractivity contribution in [3.8, 4) is 5.75 Å². The van der Waals surface area contributed by atoms with Gasteiger partial charge in [-0.05, 0) is 36.6 Å². The van der Waals surface area contributed by atoms with Gasteiger partial charge in [-0.3, -0.25) is 14.5 Å². The number of hydrogen-bond acceptors (Lipinski definition) is 3. The van der Waals surface area contributed by atoms with E-state index in [0.29, 0.717) is 28.4 Å². The molecule has 0 atom stereocenters. The van der Waals surface area contributed by atoms with Crippen LogP contribution in [0.1, 0.15) is 18.1 Å². The number of nitrogens with one attached hydrogen (secondary N) is 1. The molecule has 27 heavy (non-hydrogen) atoms. The second-order valence-corrected chi connectivity index (χ2v) is 6.48. The van der Waals surface area contributed by atoms with Gasteiger partial charge in [0.1, 0.15) is 18.1 Å². The van der Waals surface area contributed by atoms with Crippen LogP contribution >= 0.6 is 11.6 Å². The average molecular weight is 393 g/mol. The molecule has 144 valence electrons. The van der Waals surface area contributed by atoms with Gasteiger partial charge < -0.3 is 10.1 Å². The zero-order chi connectivity index (χ0) is 20.0. The lowest BCUT2D eigenvalue weighted by Gasteiger charge is -2.23. The number of methoxy groups -OCH3 is 1. The van der Waals surface area contributed by atoms with Crippen molar-refractivity contribution >= 4 is 29.1 Å². The largest absolute Gasteiger partial charge is 0.495 e. The number of nitrogens with zero attached hydrogens (tertiary/aromatic N) is 1. The maximum atomic E-state index is 13.6. The highest BCUT2D eigenvalue weighted by molar-refractivity contribution is 6.31. The van der Waals surface area contributed by atoms with Gasteiger partial charge in [-0.2, -0.15) is 0 Å². The van der Waals surface area contributed by atoms with Crippen molar-refractivity contribution in [3.05, 3.63) is 58.4 Å². The van der Waals surface area contributed by atoms with Crippen molar-refractivity contribution in [3.63, 3.8) is 0 Å². The molecule has 2 aromatic rings. The number of halogens is 2. The number of hydrogen-bond donors (Lipinski definition) is 1. The van der Waals surface area contributed by atoms with Crippen LogP contribution in [0.25, 0.3) is 0 Å². The third-order valence-electron chi connectivity index (χ3n) is 4.11. The predicted octanol–water partition coefficient (Wildman–Crippen LogP) is 3.51. The average Bonchev–Trinajstić information content (AvgIpc) is 2.63. The van der Waals surface area contributed by atoms with Crippen LogP contribution in [0.15, 0.2) is 36.4 Å². The third kappa shape index (κ3) is 5.44. The Kier molecular flexibility index (Phi) is 7.19. The van der Waals surface area contributed by atoms with Crippen LogP contribution in [0.4, 0.5) is 10.1 Å². The molecule has 0 heterocycles. The van der Waals surface area contributed by atoms with Gasteiger partial charge in [0.15, 0.2) is 0 Å². The van der Waals surface area contributed by atoms with Crippen molar-refractivity contribution in [2.45, 2.75) is 20.3 Å². The van der Waals surface area contributed by atoms with E-state index in [-0.39, 0.29) is 30.7 Å². The highest BCUT2D eigenvalue weighted by Crippen LogP contribution is 2.33. The summed E-state index contributed by atoms with van der Waals surface area (Å²) in [5.74, 6) is -0.561. The first-order valence-corrected chi connectivity index (χ1v) is 8.83. The SMILES string of the molecule is COc1cc(Cl)c(C)cc1N(CC(=O)NCCc1ccccc1F)C(C)=O. The lowest BCUT2D eigenvalue weighted by atomic mass is 10.1. The second-order valence-electron chi connectivity index (χ2n) is 6.07. The van der Waals surface area contributed by atoms with Gasteiger partial charge in [0, 0.05) is 24.6 Å². The molecule has 0 aliphatic carbocycles. The van der Waals surface area contributed by atoms with E-state index in [0.717, 1.165) is 5.56 Å². The molecule has 0 bridgehead atoms. The van der Waals surface area contributed by atoms with E-state index >= 15 is 0 Å². The quantitative estimate of drug-likeness (QED) is 0.784. The molecule has 0 saturated carbocycles. The first kappa shape index (κ1) is 20.7. The zero-order valence-corrected chi connectivity index (χ0v) is 16.3. The van der Waals surface area contributed by atoms with Crippen molar-refractivity contribution in [2.24, 2.45) is 0 Å². The predicted molar refractivity (Wildman–Crippen MR) is 104 cm³/mol. The van der Waals surface area contributed by atoms with Crippen LogP contribution in [0.5, 0.6) is 5.75 Å². The lowest BCUT2D eigenvalue weighted by Crippen LogP contribution is -2.40. The Bertz CT molecular complexity index is 842. The van der Waals surface area contributed by atoms with Crippen LogP contribution in [-0.4, -0.2) is 32.0 Å². The summed E-state index contributed by atoms with van der Waals surface area (Å²) in [6.07, 6.45) is 0.363. The van der Waals surface area contributed by atoms with Crippen LogP contribution < -0.4 is 15.0 Å². The molecule has 2 rings (SSSR count). The zero-order valence-electron chi connectivity index (χ0n) is 15.5. The second kappa shape index (κ2) is 9.37. The van der Waals surface area contributed by atoms with E-state index in [2.05, 4.69) is 5.32 Å². The summed E-state index contributed by atoms with van der Waals surface area (Å²) < 4.78 is 18.9. The van der Waals surface area contributed by atoms with Crippen LogP contribution in [0.2, 0.25) is 5.02 Å². The minimum atomic E-state index is -0.351. The fourth-order valence-electron chi connectivity index (χ4n) is 2.63. The number of anilines is 1. The molecule has 1 N–H and O–H groups in total. The van der Waals surface area contributed by atoms with E-state index in [9.17, 15) is 14.0 Å². The monoisotopic (exact) mass is 392 g/mol. The summed E-state index contributed by atoms with van der Waals surface area (Å²) in [7, 11) is 1.47. The van der Waals surface area contributed by atoms with E-state index < -0.39 is 0 Å². The van der Waals surface area contributed by atoms with Gasteiger partial charge in [0.25, 0.3) is 0 Å². The first-order valence-electron chi connectivity index (χ1n) is 8.45. The summed E-state index contributed by atoms with van der Waals surface area (Å²) in [4.78, 5) is 25.7. The molecule has 0 fully saturated rings. The topological polar surface area (TPSA) is 58.6 Å². The molecule has 0 unspecified atom stereocenters. The number of carbonyl (C=O) groups excluding carboxylic acids is 2. The molecule has 0 aromatic heterocycles. The van der Waals surface area contributed by atoms with Crippen LogP contribution in [0, 0.1) is 12.7 Å². The van der Waals surface area contributed by atoms with E-state index in [1.807, 2.05) is 0 Å². The van der Waals surface area contributed by atoms with Crippen molar-refractivity contribution in [2.75, 3.05) is 25.1 Å². The molecule has 0 saturated heterocycles. The smallest absolute Gasteiger partial charge is 0.240 e. The summed E-state index contributed by atoms with van der Waals surface area (Å²) in [6, 6.07) is 9.72. The van der Waals surface area contributed by atoms with E-state index in [1.165, 1.54) is 25.0 Å². The Hall–Kier alpha value is -2.60. The lowest BCUT2D eigenvalue weighted by molar-refractivity contribution is -0.123. The number of aryl methyl sites for hydroxylation is 1. The summed E-state index contributed by atoms with van der Waals surface area (Å²) in [5, 5.41) is 3.22. The number of ether oxygens (including phenoxy) is 1. The fourth-order valence-corrected chi connectivity index (χ4v) is 2.78. The molecule has 2 aromatic carbocycles. The number of carbonyl (C=O) groups is 2. The van der Waals surface area contributed by atoms with Crippen molar-refractivity contribution in [1.82, 2.24) is 5.32 Å². The summed E-state index contributed by atoms with van der Waals surface area (Å²) in [5.41, 5.74) is 1.76. The fraction of sp³-hybridized carbons (Fsp3) is 0.300. The Labute approximate surface area is 163 Å². The molecule has 2 amide bonds. The Morgan fingerprint density at radius 2 is 1.96 bits per heavy atom. The van der Waals surface area contributed by atoms with Gasteiger partial charge >= 0.3 is 0 Å². The summed E-state index contributed by atoms with van der Waals surface area (Å²) >= 11 is 6.10. The van der Waals surface area contributed by atoms with E-state index in [4.69, 9.17) is 16.3 Å². The Morgan fingerprint density at radius 1 is 1.26 bits per heavy atom. The summed E-state index contributed by atoms with van der Waals surface area (Å²) in [6.45, 7) is 3.26. The first-order chi connectivity index (χ1) is 12.8. The molecule has 0 aliphatic heterocycles. The Balaban J connectivity index is 2.06. The van der Waals surface area contributed by atoms with Gasteiger partial charge in [-0.15, -0.1) is 0 Å². The van der Waals surface area contributed by atoms with Gasteiger partial charge in [0.2, 0.25) is 11.8 Å². The molecule has 0 radical (unpaired) electrons. The van der Waals surface area contributed by atoms with E-state index in [1.54, 1.807) is 37.3 Å². The molecule has 0 aliphatic rings. The van der Waals surface area contributed by atoms with Crippen molar-refractivity contribution in [1.29, 1.82) is 0 Å². The maximum Gasteiger partial charge on any atom is 0.240 e. The molecular formula is C20H22ClFN2O3. The molecule has 5 nitrogen and oxygen atoms in total. The molecular weight excluding hydrogens is 371 g/mol. The number of rotatable bonds is 7. The highest BCUT2D eigenvalue weighted by Gasteiger charge is 2.20. The Morgan fingerprint density at radius 3 is 2.59 bits per heavy atom. The minimum absolute atomic E-state index is 0.177. The van der Waals surface area contributed by atoms with Crippen molar-refractivity contribution < 1.29 is 18.7 Å². The number of amides is 2.